The maximum Gasteiger partial charge on any atom is 0.329 e. The van der Waals surface area contributed by atoms with Gasteiger partial charge in [0.15, 0.2) is 0 Å². The van der Waals surface area contributed by atoms with Gasteiger partial charge in [0.2, 0.25) is 10.0 Å². The van der Waals surface area contributed by atoms with Crippen LogP contribution in [0.5, 0.6) is 0 Å². The topological polar surface area (TPSA) is 83.9 Å². The van der Waals surface area contributed by atoms with Crippen molar-refractivity contribution < 1.29 is 23.1 Å². The zero-order chi connectivity index (χ0) is 10.8. The van der Waals surface area contributed by atoms with E-state index in [9.17, 15) is 13.2 Å². The third kappa shape index (κ3) is 2.93. The number of aliphatic carboxylic acids is 1. The molecule has 1 aliphatic heterocycles. The van der Waals surface area contributed by atoms with Crippen LogP contribution in [0.3, 0.4) is 0 Å². The number of nitrogens with zero attached hydrogens (tertiary/aromatic N) is 1. The Balaban J connectivity index is 2.30. The van der Waals surface area contributed by atoms with Crippen LogP contribution in [-0.2, 0) is 19.6 Å². The average molecular weight is 223 g/mol. The normalized spacial score (nSPS) is 23.1. The van der Waals surface area contributed by atoms with Gasteiger partial charge < -0.3 is 9.84 Å². The summed E-state index contributed by atoms with van der Waals surface area (Å²) in [6.07, 6.45) is 1.86. The smallest absolute Gasteiger partial charge is 0.329 e. The fourth-order valence-electron chi connectivity index (χ4n) is 1.30. The molecule has 0 amide bonds. The van der Waals surface area contributed by atoms with Gasteiger partial charge in [-0.2, -0.15) is 4.31 Å². The number of hydrogen-bond donors (Lipinski definition) is 1. The molecule has 0 aliphatic carbocycles. The van der Waals surface area contributed by atoms with E-state index in [1.165, 1.54) is 4.31 Å². The highest BCUT2D eigenvalue weighted by molar-refractivity contribution is 7.88. The van der Waals surface area contributed by atoms with Crippen molar-refractivity contribution in [1.82, 2.24) is 4.31 Å². The lowest BCUT2D eigenvalue weighted by Gasteiger charge is -2.38. The van der Waals surface area contributed by atoms with Gasteiger partial charge in [0.1, 0.15) is 6.61 Å². The Morgan fingerprint density at radius 2 is 2.29 bits per heavy atom. The lowest BCUT2D eigenvalue weighted by molar-refractivity contribution is -0.143. The molecule has 0 aromatic heterocycles. The van der Waals surface area contributed by atoms with Crippen molar-refractivity contribution >= 4 is 16.0 Å². The van der Waals surface area contributed by atoms with Gasteiger partial charge in [0, 0.05) is 12.6 Å². The minimum Gasteiger partial charge on any atom is -0.480 e. The van der Waals surface area contributed by atoms with Gasteiger partial charge in [-0.1, -0.05) is 0 Å². The minimum atomic E-state index is -3.16. The maximum absolute atomic E-state index is 11.1. The van der Waals surface area contributed by atoms with Gasteiger partial charge in [-0.25, -0.2) is 13.2 Å². The van der Waals surface area contributed by atoms with Crippen molar-refractivity contribution in [2.75, 3.05) is 26.0 Å². The largest absolute Gasteiger partial charge is 0.480 e. The predicted octanol–water partition coefficient (Wildman–Crippen LogP) is -0.878. The molecular weight excluding hydrogens is 210 g/mol. The quantitative estimate of drug-likeness (QED) is 0.654. The highest BCUT2D eigenvalue weighted by atomic mass is 32.2. The molecule has 7 heteroatoms. The molecular formula is C7H13NO5S. The van der Waals surface area contributed by atoms with Crippen LogP contribution in [-0.4, -0.2) is 55.9 Å². The molecule has 1 aliphatic rings. The van der Waals surface area contributed by atoms with E-state index in [4.69, 9.17) is 9.84 Å². The molecule has 0 saturated carbocycles. The van der Waals surface area contributed by atoms with Crippen molar-refractivity contribution in [3.05, 3.63) is 0 Å². The first-order valence-electron chi connectivity index (χ1n) is 4.17. The highest BCUT2D eigenvalue weighted by Crippen LogP contribution is 2.20. The van der Waals surface area contributed by atoms with Gasteiger partial charge in [-0.3, -0.25) is 0 Å². The van der Waals surface area contributed by atoms with E-state index in [-0.39, 0.29) is 19.3 Å². The number of hydrogen-bond acceptors (Lipinski definition) is 4. The summed E-state index contributed by atoms with van der Waals surface area (Å²) in [6.45, 7) is 0.271. The molecule has 14 heavy (non-hydrogen) atoms. The molecule has 0 spiro atoms. The molecule has 1 rings (SSSR count). The molecule has 1 fully saturated rings. The number of sulfonamides is 1. The van der Waals surface area contributed by atoms with Crippen molar-refractivity contribution in [2.24, 2.45) is 0 Å². The van der Waals surface area contributed by atoms with E-state index in [1.54, 1.807) is 0 Å². The van der Waals surface area contributed by atoms with Crippen LogP contribution in [0.4, 0.5) is 0 Å². The van der Waals surface area contributed by atoms with E-state index in [2.05, 4.69) is 0 Å². The average Bonchev–Trinajstić information content (AvgIpc) is 1.91. The molecule has 0 radical (unpaired) electrons. The Bertz CT molecular complexity index is 312. The molecule has 0 bridgehead atoms. The van der Waals surface area contributed by atoms with Crippen molar-refractivity contribution in [3.8, 4) is 0 Å². The molecule has 6 nitrogen and oxygen atoms in total. The number of rotatable bonds is 5. The Labute approximate surface area is 82.5 Å². The van der Waals surface area contributed by atoms with Crippen molar-refractivity contribution in [2.45, 2.75) is 12.5 Å². The second kappa shape index (κ2) is 4.24. The van der Waals surface area contributed by atoms with Crippen LogP contribution in [0.1, 0.15) is 6.42 Å². The Hall–Kier alpha value is -0.660. The Morgan fingerprint density at radius 3 is 2.64 bits per heavy atom. The number of ether oxygens (including phenoxy) is 1. The first-order valence-corrected chi connectivity index (χ1v) is 6.02. The zero-order valence-electron chi connectivity index (χ0n) is 7.84. The third-order valence-corrected chi connectivity index (χ3v) is 3.38. The van der Waals surface area contributed by atoms with Crippen LogP contribution in [0, 0.1) is 0 Å². The molecule has 1 unspecified atom stereocenters. The molecule has 1 saturated heterocycles. The summed E-state index contributed by atoms with van der Waals surface area (Å²) in [5.74, 6) is -1.05. The summed E-state index contributed by atoms with van der Waals surface area (Å²) in [4.78, 5) is 10.1. The summed E-state index contributed by atoms with van der Waals surface area (Å²) in [6, 6.07) is -0.190. The zero-order valence-corrected chi connectivity index (χ0v) is 8.66. The second-order valence-electron chi connectivity index (χ2n) is 3.23. The molecule has 1 N–H and O–H groups in total. The van der Waals surface area contributed by atoms with Gasteiger partial charge in [0.05, 0.1) is 12.9 Å². The summed E-state index contributed by atoms with van der Waals surface area (Å²) >= 11 is 0. The summed E-state index contributed by atoms with van der Waals surface area (Å²) in [5, 5.41) is 8.29. The SMILES string of the molecule is CS(=O)(=O)N1CCC1COCC(=O)O. The van der Waals surface area contributed by atoms with E-state index in [0.717, 1.165) is 12.7 Å². The molecule has 82 valence electrons. The lowest BCUT2D eigenvalue weighted by Crippen LogP contribution is -2.52. The minimum absolute atomic E-state index is 0.152. The van der Waals surface area contributed by atoms with E-state index in [0.29, 0.717) is 6.54 Å². The Morgan fingerprint density at radius 1 is 1.64 bits per heavy atom. The fraction of sp³-hybridized carbons (Fsp3) is 0.857. The summed E-state index contributed by atoms with van der Waals surface area (Å²) < 4.78 is 28.3. The maximum atomic E-state index is 11.1. The van der Waals surface area contributed by atoms with Crippen LogP contribution < -0.4 is 0 Å². The lowest BCUT2D eigenvalue weighted by atomic mass is 10.1. The monoisotopic (exact) mass is 223 g/mol. The van der Waals surface area contributed by atoms with Gasteiger partial charge >= 0.3 is 5.97 Å². The van der Waals surface area contributed by atoms with Crippen LogP contribution in [0.15, 0.2) is 0 Å². The van der Waals surface area contributed by atoms with E-state index < -0.39 is 16.0 Å². The van der Waals surface area contributed by atoms with Crippen molar-refractivity contribution in [1.29, 1.82) is 0 Å². The van der Waals surface area contributed by atoms with Gasteiger partial charge in [-0.05, 0) is 6.42 Å². The first kappa shape index (κ1) is 11.4. The summed E-state index contributed by atoms with van der Waals surface area (Å²) in [5.41, 5.74) is 0. The second-order valence-corrected chi connectivity index (χ2v) is 5.16. The number of carboxylic acid groups (broad SMARTS) is 1. The van der Waals surface area contributed by atoms with Gasteiger partial charge in [0.25, 0.3) is 0 Å². The predicted molar refractivity (Wildman–Crippen MR) is 48.4 cm³/mol. The number of carbonyl (C=O) groups is 1. The van der Waals surface area contributed by atoms with E-state index >= 15 is 0 Å². The first-order chi connectivity index (χ1) is 6.41. The molecule has 0 aromatic carbocycles. The molecule has 1 heterocycles. The van der Waals surface area contributed by atoms with Crippen LogP contribution in [0.25, 0.3) is 0 Å². The fourth-order valence-corrected chi connectivity index (χ4v) is 2.45. The van der Waals surface area contributed by atoms with E-state index in [1.807, 2.05) is 0 Å². The summed E-state index contributed by atoms with van der Waals surface area (Å²) in [7, 11) is -3.16. The van der Waals surface area contributed by atoms with Crippen molar-refractivity contribution in [3.63, 3.8) is 0 Å². The van der Waals surface area contributed by atoms with Gasteiger partial charge in [-0.15, -0.1) is 0 Å². The highest BCUT2D eigenvalue weighted by Gasteiger charge is 2.34. The molecule has 1 atom stereocenters. The van der Waals surface area contributed by atoms with Crippen LogP contribution in [0.2, 0.25) is 0 Å². The van der Waals surface area contributed by atoms with Crippen LogP contribution >= 0.6 is 0 Å². The standard InChI is InChI=1S/C7H13NO5S/c1-14(11,12)8-3-2-6(8)4-13-5-7(9)10/h6H,2-5H2,1H3,(H,9,10). The third-order valence-electron chi connectivity index (χ3n) is 2.05. The number of carboxylic acids is 1. The Kier molecular flexibility index (Phi) is 3.46. The molecule has 0 aromatic rings.